The van der Waals surface area contributed by atoms with Crippen LogP contribution in [0.4, 0.5) is 18.9 Å². The summed E-state index contributed by atoms with van der Waals surface area (Å²) in [6, 6.07) is 7.66. The fourth-order valence-electron chi connectivity index (χ4n) is 2.90. The first-order chi connectivity index (χ1) is 16.0. The smallest absolute Gasteiger partial charge is 0.417 e. The van der Waals surface area contributed by atoms with Gasteiger partial charge in [0.05, 0.1) is 29.3 Å². The van der Waals surface area contributed by atoms with Gasteiger partial charge in [0.25, 0.3) is 5.91 Å². The second kappa shape index (κ2) is 9.97. The molecule has 0 aliphatic carbocycles. The van der Waals surface area contributed by atoms with Crippen LogP contribution in [0.25, 0.3) is 0 Å². The van der Waals surface area contributed by atoms with Crippen LogP contribution < -0.4 is 10.0 Å². The second-order valence-electron chi connectivity index (χ2n) is 6.77. The van der Waals surface area contributed by atoms with Crippen LogP contribution in [0.15, 0.2) is 66.0 Å². The molecule has 1 heterocycles. The Morgan fingerprint density at radius 3 is 2.47 bits per heavy atom. The van der Waals surface area contributed by atoms with Crippen LogP contribution >= 0.6 is 0 Å². The van der Waals surface area contributed by atoms with Crippen LogP contribution in [0.5, 0.6) is 0 Å². The molecule has 2 aromatic carbocycles. The average molecular weight is 494 g/mol. The number of carbonyl (C=O) groups excluding carboxylic acids is 2. The third kappa shape index (κ3) is 5.94. The van der Waals surface area contributed by atoms with Crippen molar-refractivity contribution in [3.05, 3.63) is 83.4 Å². The number of nitrogens with zero attached hydrogens (tertiary/aromatic N) is 2. The van der Waals surface area contributed by atoms with E-state index in [0.717, 1.165) is 19.2 Å². The van der Waals surface area contributed by atoms with E-state index in [1.165, 1.54) is 42.9 Å². The summed E-state index contributed by atoms with van der Waals surface area (Å²) in [5.41, 5.74) is -1.09. The maximum atomic E-state index is 13.2. The van der Waals surface area contributed by atoms with E-state index in [2.05, 4.69) is 24.7 Å². The number of ether oxygens (including phenoxy) is 1. The SMILES string of the molecule is COC(=O)c1cc(CNS(=O)(=O)c2ccccc2C(F)(F)F)cc(NC(=O)c2cnccn2)c1. The molecule has 178 valence electrons. The van der Waals surface area contributed by atoms with Crippen molar-refractivity contribution in [3.8, 4) is 0 Å². The summed E-state index contributed by atoms with van der Waals surface area (Å²) in [6.45, 7) is -0.479. The predicted molar refractivity (Wildman–Crippen MR) is 113 cm³/mol. The summed E-state index contributed by atoms with van der Waals surface area (Å²) in [4.78, 5) is 31.1. The zero-order valence-electron chi connectivity index (χ0n) is 17.5. The molecule has 0 aliphatic heterocycles. The number of nitrogens with one attached hydrogen (secondary N) is 2. The summed E-state index contributed by atoms with van der Waals surface area (Å²) in [6.07, 6.45) is -0.991. The fraction of sp³-hybridized carbons (Fsp3) is 0.143. The van der Waals surface area contributed by atoms with Gasteiger partial charge in [-0.05, 0) is 35.9 Å². The lowest BCUT2D eigenvalue weighted by atomic mass is 10.1. The quantitative estimate of drug-likeness (QED) is 0.484. The molecule has 3 aromatic rings. The highest BCUT2D eigenvalue weighted by Crippen LogP contribution is 2.34. The zero-order valence-corrected chi connectivity index (χ0v) is 18.3. The highest BCUT2D eigenvalue weighted by molar-refractivity contribution is 7.89. The van der Waals surface area contributed by atoms with E-state index in [0.29, 0.717) is 6.07 Å². The first-order valence-electron chi connectivity index (χ1n) is 9.47. The van der Waals surface area contributed by atoms with Gasteiger partial charge in [0.1, 0.15) is 5.69 Å². The number of carbonyl (C=O) groups is 2. The Balaban J connectivity index is 1.89. The van der Waals surface area contributed by atoms with Crippen molar-refractivity contribution >= 4 is 27.6 Å². The van der Waals surface area contributed by atoms with Crippen molar-refractivity contribution in [3.63, 3.8) is 0 Å². The van der Waals surface area contributed by atoms with Crippen LogP contribution in [0, 0.1) is 0 Å². The molecule has 1 aromatic heterocycles. The zero-order chi connectivity index (χ0) is 24.9. The molecule has 0 spiro atoms. The number of anilines is 1. The normalized spacial score (nSPS) is 11.6. The standard InChI is InChI=1S/C21H17F3N4O5S/c1-33-20(30)14-8-13(9-15(10-14)28-19(29)17-12-25-6-7-26-17)11-27-34(31,32)18-5-3-2-4-16(18)21(22,23)24/h2-10,12,27H,11H2,1H3,(H,28,29). The van der Waals surface area contributed by atoms with Crippen LogP contribution in [-0.4, -0.2) is 37.4 Å². The monoisotopic (exact) mass is 494 g/mol. The Kier molecular flexibility index (Phi) is 7.27. The van der Waals surface area contributed by atoms with Crippen LogP contribution in [0.1, 0.15) is 32.0 Å². The molecule has 0 atom stereocenters. The average Bonchev–Trinajstić information content (AvgIpc) is 2.82. The number of esters is 1. The summed E-state index contributed by atoms with van der Waals surface area (Å²) in [5.74, 6) is -1.43. The highest BCUT2D eigenvalue weighted by Gasteiger charge is 2.36. The van der Waals surface area contributed by atoms with Crippen molar-refractivity contribution < 1.29 is 35.9 Å². The molecule has 2 N–H and O–H groups in total. The van der Waals surface area contributed by atoms with Gasteiger partial charge in [-0.1, -0.05) is 12.1 Å². The van der Waals surface area contributed by atoms with Crippen LogP contribution in [0.3, 0.4) is 0 Å². The number of benzene rings is 2. The van der Waals surface area contributed by atoms with E-state index in [1.807, 2.05) is 0 Å². The molecule has 0 radical (unpaired) electrons. The number of hydrogen-bond donors (Lipinski definition) is 2. The number of methoxy groups -OCH3 is 1. The van der Waals surface area contributed by atoms with E-state index < -0.39 is 45.1 Å². The van der Waals surface area contributed by atoms with Gasteiger partial charge in [0.15, 0.2) is 0 Å². The topological polar surface area (TPSA) is 127 Å². The third-order valence-electron chi connectivity index (χ3n) is 4.42. The van der Waals surface area contributed by atoms with Crippen LogP contribution in [-0.2, 0) is 27.5 Å². The maximum Gasteiger partial charge on any atom is 0.417 e. The summed E-state index contributed by atoms with van der Waals surface area (Å²) in [5, 5.41) is 2.50. The molecule has 1 amide bonds. The lowest BCUT2D eigenvalue weighted by molar-refractivity contribution is -0.139. The number of alkyl halides is 3. The Hall–Kier alpha value is -3.84. The number of sulfonamides is 1. The molecule has 3 rings (SSSR count). The van der Waals surface area contributed by atoms with Crippen molar-refractivity contribution in [1.29, 1.82) is 0 Å². The van der Waals surface area contributed by atoms with Crippen molar-refractivity contribution in [2.45, 2.75) is 17.6 Å². The first kappa shape index (κ1) is 24.8. The Morgan fingerprint density at radius 1 is 1.09 bits per heavy atom. The Labute approximate surface area is 192 Å². The molecular weight excluding hydrogens is 477 g/mol. The molecule has 13 heteroatoms. The largest absolute Gasteiger partial charge is 0.465 e. The third-order valence-corrected chi connectivity index (χ3v) is 5.88. The minimum atomic E-state index is -4.88. The van der Waals surface area contributed by atoms with Crippen LogP contribution in [0.2, 0.25) is 0 Å². The molecule has 0 saturated heterocycles. The Bertz CT molecular complexity index is 1320. The number of amides is 1. The van der Waals surface area contributed by atoms with Gasteiger partial charge in [-0.15, -0.1) is 0 Å². The van der Waals surface area contributed by atoms with Crippen molar-refractivity contribution in [1.82, 2.24) is 14.7 Å². The van der Waals surface area contributed by atoms with E-state index in [-0.39, 0.29) is 22.5 Å². The number of hydrogen-bond acceptors (Lipinski definition) is 7. The number of rotatable bonds is 7. The fourth-order valence-corrected chi connectivity index (χ4v) is 4.15. The van der Waals surface area contributed by atoms with E-state index in [1.54, 1.807) is 0 Å². The summed E-state index contributed by atoms with van der Waals surface area (Å²) >= 11 is 0. The molecule has 0 bridgehead atoms. The van der Waals surface area contributed by atoms with Gasteiger partial charge in [-0.25, -0.2) is 22.9 Å². The Morgan fingerprint density at radius 2 is 1.82 bits per heavy atom. The number of halogens is 3. The lowest BCUT2D eigenvalue weighted by Gasteiger charge is -2.14. The second-order valence-corrected chi connectivity index (χ2v) is 8.51. The highest BCUT2D eigenvalue weighted by atomic mass is 32.2. The van der Waals surface area contributed by atoms with E-state index in [4.69, 9.17) is 0 Å². The van der Waals surface area contributed by atoms with Gasteiger partial charge in [0, 0.05) is 24.6 Å². The summed E-state index contributed by atoms with van der Waals surface area (Å²) < 4.78 is 71.7. The van der Waals surface area contributed by atoms with E-state index in [9.17, 15) is 31.2 Å². The van der Waals surface area contributed by atoms with Crippen molar-refractivity contribution in [2.75, 3.05) is 12.4 Å². The minimum absolute atomic E-state index is 0.0167. The van der Waals surface area contributed by atoms with Gasteiger partial charge in [0.2, 0.25) is 10.0 Å². The molecule has 0 saturated carbocycles. The van der Waals surface area contributed by atoms with Gasteiger partial charge in [-0.3, -0.25) is 9.78 Å². The predicted octanol–water partition coefficient (Wildman–Crippen LogP) is 3.01. The minimum Gasteiger partial charge on any atom is -0.465 e. The molecule has 0 aliphatic rings. The van der Waals surface area contributed by atoms with Gasteiger partial charge >= 0.3 is 12.1 Å². The van der Waals surface area contributed by atoms with Gasteiger partial charge in [-0.2, -0.15) is 13.2 Å². The molecule has 9 nitrogen and oxygen atoms in total. The molecule has 0 unspecified atom stereocenters. The summed E-state index contributed by atoms with van der Waals surface area (Å²) in [7, 11) is -3.45. The van der Waals surface area contributed by atoms with E-state index >= 15 is 0 Å². The maximum absolute atomic E-state index is 13.2. The van der Waals surface area contributed by atoms with Crippen molar-refractivity contribution in [2.24, 2.45) is 0 Å². The lowest BCUT2D eigenvalue weighted by Crippen LogP contribution is -2.26. The van der Waals surface area contributed by atoms with Gasteiger partial charge < -0.3 is 10.1 Å². The molecular formula is C21H17F3N4O5S. The first-order valence-corrected chi connectivity index (χ1v) is 10.9. The molecule has 0 fully saturated rings. The number of aromatic nitrogens is 2. The molecule has 34 heavy (non-hydrogen) atoms.